The third kappa shape index (κ3) is 8.78. The van der Waals surface area contributed by atoms with Gasteiger partial charge >= 0.3 is 0 Å². The number of hydrogen-bond acceptors (Lipinski definition) is 5. The fourth-order valence-corrected chi connectivity index (χ4v) is 4.20. The maximum absolute atomic E-state index is 12.4. The highest BCUT2D eigenvalue weighted by atomic mass is 35.5. The zero-order valence-corrected chi connectivity index (χ0v) is 19.8. The minimum atomic E-state index is -3.48. The third-order valence-corrected chi connectivity index (χ3v) is 6.25. The number of hydrogen-bond donors (Lipinski definition) is 2. The molecule has 168 valence electrons. The molecule has 0 aromatic heterocycles. The van der Waals surface area contributed by atoms with Crippen LogP contribution in [0.3, 0.4) is 0 Å². The van der Waals surface area contributed by atoms with Crippen molar-refractivity contribution in [3.8, 4) is 0 Å². The van der Waals surface area contributed by atoms with E-state index < -0.39 is 16.1 Å². The average Bonchev–Trinajstić information content (AvgIpc) is 2.61. The Bertz CT molecular complexity index is 721. The number of carbonyl (C=O) groups excluding carboxylic acids is 1. The molecule has 10 heteroatoms. The molecule has 7 nitrogen and oxygen atoms in total. The highest BCUT2D eigenvalue weighted by molar-refractivity contribution is 7.89. The Labute approximate surface area is 187 Å². The summed E-state index contributed by atoms with van der Waals surface area (Å²) in [5, 5.41) is 0. The molecule has 1 amide bonds. The number of nitrogens with one attached hydrogen (secondary N) is 1. The van der Waals surface area contributed by atoms with Crippen molar-refractivity contribution < 1.29 is 13.2 Å². The van der Waals surface area contributed by atoms with Gasteiger partial charge in [-0.1, -0.05) is 31.5 Å². The fraction of sp³-hybridized carbons (Fsp3) is 0.632. The summed E-state index contributed by atoms with van der Waals surface area (Å²) >= 11 is 0. The topological polar surface area (TPSA) is 95.7 Å². The van der Waals surface area contributed by atoms with E-state index in [1.807, 2.05) is 11.8 Å². The van der Waals surface area contributed by atoms with Crippen LogP contribution in [0.25, 0.3) is 0 Å². The molecular formula is C19H34Cl2N4O3S. The van der Waals surface area contributed by atoms with Gasteiger partial charge in [0.05, 0.1) is 10.9 Å². The van der Waals surface area contributed by atoms with Crippen molar-refractivity contribution in [1.29, 1.82) is 0 Å². The van der Waals surface area contributed by atoms with E-state index in [-0.39, 0.29) is 35.6 Å². The zero-order valence-electron chi connectivity index (χ0n) is 17.3. The van der Waals surface area contributed by atoms with Crippen LogP contribution >= 0.6 is 24.8 Å². The van der Waals surface area contributed by atoms with Gasteiger partial charge in [-0.2, -0.15) is 0 Å². The molecule has 0 spiro atoms. The van der Waals surface area contributed by atoms with Crippen molar-refractivity contribution in [2.45, 2.75) is 38.1 Å². The summed E-state index contributed by atoms with van der Waals surface area (Å²) < 4.78 is 27.2. The number of amides is 1. The van der Waals surface area contributed by atoms with Gasteiger partial charge in [0.25, 0.3) is 0 Å². The standard InChI is InChI=1S/C19H32N4O3S.2ClH/c1-15(2)14-18(20)19(24)23-12-10-22(11-13-23)9-8-21-27(25,26)17-6-4-16(3)5-7-17;;/h4-7,15,18,21H,8-14,20H2,1-3H3;2*1H/t18-;;/m0../s1. The van der Waals surface area contributed by atoms with Gasteiger partial charge in [-0.25, -0.2) is 13.1 Å². The molecule has 0 aliphatic carbocycles. The Morgan fingerprint density at radius 1 is 1.10 bits per heavy atom. The molecule has 0 radical (unpaired) electrons. The lowest BCUT2D eigenvalue weighted by atomic mass is 10.0. The van der Waals surface area contributed by atoms with Crippen molar-refractivity contribution in [1.82, 2.24) is 14.5 Å². The number of rotatable bonds is 8. The van der Waals surface area contributed by atoms with Crippen LogP contribution in [-0.4, -0.2) is 69.4 Å². The van der Waals surface area contributed by atoms with Crippen LogP contribution in [0.1, 0.15) is 25.8 Å². The van der Waals surface area contributed by atoms with Crippen LogP contribution in [0, 0.1) is 12.8 Å². The third-order valence-electron chi connectivity index (χ3n) is 4.78. The first-order valence-corrected chi connectivity index (χ1v) is 11.0. The summed E-state index contributed by atoms with van der Waals surface area (Å²) in [6.07, 6.45) is 0.694. The summed E-state index contributed by atoms with van der Waals surface area (Å²) in [5.41, 5.74) is 7.02. The molecule has 1 heterocycles. The van der Waals surface area contributed by atoms with Gasteiger partial charge in [0.1, 0.15) is 0 Å². The molecule has 1 aliphatic rings. The highest BCUT2D eigenvalue weighted by Gasteiger charge is 2.25. The first-order valence-electron chi connectivity index (χ1n) is 9.52. The molecular weight excluding hydrogens is 435 g/mol. The molecule has 1 aliphatic heterocycles. The molecule has 1 aromatic rings. The van der Waals surface area contributed by atoms with Crippen molar-refractivity contribution in [2.24, 2.45) is 11.7 Å². The second-order valence-corrected chi connectivity index (χ2v) is 9.38. The molecule has 0 bridgehead atoms. The second kappa shape index (κ2) is 12.7. The van der Waals surface area contributed by atoms with Gasteiger partial charge in [0, 0.05) is 39.3 Å². The molecule has 0 saturated carbocycles. The van der Waals surface area contributed by atoms with Gasteiger partial charge in [0.2, 0.25) is 15.9 Å². The minimum absolute atomic E-state index is 0. The molecule has 1 atom stereocenters. The number of aryl methyl sites for hydroxylation is 1. The van der Waals surface area contributed by atoms with Crippen molar-refractivity contribution in [3.05, 3.63) is 29.8 Å². The molecule has 3 N–H and O–H groups in total. The van der Waals surface area contributed by atoms with Crippen LogP contribution in [0.15, 0.2) is 29.2 Å². The van der Waals surface area contributed by atoms with E-state index >= 15 is 0 Å². The Kier molecular flexibility index (Phi) is 12.3. The fourth-order valence-electron chi connectivity index (χ4n) is 3.17. The number of nitrogens with two attached hydrogens (primary N) is 1. The lowest BCUT2D eigenvalue weighted by Gasteiger charge is -2.36. The first kappa shape index (κ1) is 28.1. The maximum Gasteiger partial charge on any atom is 0.240 e. The van der Waals surface area contributed by atoms with Crippen LogP contribution in [0.5, 0.6) is 0 Å². The highest BCUT2D eigenvalue weighted by Crippen LogP contribution is 2.11. The van der Waals surface area contributed by atoms with E-state index in [4.69, 9.17) is 5.73 Å². The zero-order chi connectivity index (χ0) is 20.0. The van der Waals surface area contributed by atoms with Gasteiger partial charge < -0.3 is 10.6 Å². The molecule has 1 saturated heterocycles. The number of carbonyl (C=O) groups is 1. The summed E-state index contributed by atoms with van der Waals surface area (Å²) in [6, 6.07) is 6.37. The van der Waals surface area contributed by atoms with E-state index in [0.717, 1.165) is 18.7 Å². The van der Waals surface area contributed by atoms with E-state index in [1.54, 1.807) is 24.3 Å². The van der Waals surface area contributed by atoms with Crippen LogP contribution in [-0.2, 0) is 14.8 Å². The molecule has 1 aromatic carbocycles. The molecule has 29 heavy (non-hydrogen) atoms. The van der Waals surface area contributed by atoms with E-state index in [1.165, 1.54) is 0 Å². The smallest absolute Gasteiger partial charge is 0.240 e. The van der Waals surface area contributed by atoms with Crippen LogP contribution < -0.4 is 10.5 Å². The quantitative estimate of drug-likeness (QED) is 0.604. The Morgan fingerprint density at radius 3 is 2.17 bits per heavy atom. The van der Waals surface area contributed by atoms with Crippen LogP contribution in [0.4, 0.5) is 0 Å². The summed E-state index contributed by atoms with van der Waals surface area (Å²) in [7, 11) is -3.48. The molecule has 1 fully saturated rings. The summed E-state index contributed by atoms with van der Waals surface area (Å²) in [5.74, 6) is 0.412. The van der Waals surface area contributed by atoms with Crippen molar-refractivity contribution in [2.75, 3.05) is 39.3 Å². The summed E-state index contributed by atoms with van der Waals surface area (Å²) in [4.78, 5) is 16.6. The Hall–Kier alpha value is -0.900. The summed E-state index contributed by atoms with van der Waals surface area (Å²) in [6.45, 7) is 9.72. The SMILES string of the molecule is Cc1ccc(S(=O)(=O)NCCN2CCN(C(=O)[C@@H](N)CC(C)C)CC2)cc1.Cl.Cl. The largest absolute Gasteiger partial charge is 0.339 e. The van der Waals surface area contributed by atoms with Gasteiger partial charge in [-0.3, -0.25) is 9.69 Å². The molecule has 2 rings (SSSR count). The number of benzene rings is 1. The second-order valence-electron chi connectivity index (χ2n) is 7.61. The monoisotopic (exact) mass is 468 g/mol. The molecule has 0 unspecified atom stereocenters. The predicted octanol–water partition coefficient (Wildman–Crippen LogP) is 1.63. The number of sulfonamides is 1. The van der Waals surface area contributed by atoms with Crippen LogP contribution in [0.2, 0.25) is 0 Å². The van der Waals surface area contributed by atoms with Crippen molar-refractivity contribution >= 4 is 40.7 Å². The predicted molar refractivity (Wildman–Crippen MR) is 121 cm³/mol. The lowest BCUT2D eigenvalue weighted by Crippen LogP contribution is -2.54. The average molecular weight is 469 g/mol. The van der Waals surface area contributed by atoms with Gasteiger partial charge in [-0.15, -0.1) is 24.8 Å². The van der Waals surface area contributed by atoms with Gasteiger partial charge in [-0.05, 0) is 31.4 Å². The number of piperazine rings is 1. The Balaban J connectivity index is 0.00000392. The van der Waals surface area contributed by atoms with E-state index in [2.05, 4.69) is 23.5 Å². The maximum atomic E-state index is 12.4. The number of nitrogens with zero attached hydrogens (tertiary/aromatic N) is 2. The Morgan fingerprint density at radius 2 is 1.66 bits per heavy atom. The van der Waals surface area contributed by atoms with Crippen molar-refractivity contribution in [3.63, 3.8) is 0 Å². The van der Waals surface area contributed by atoms with E-state index in [0.29, 0.717) is 38.5 Å². The minimum Gasteiger partial charge on any atom is -0.339 e. The lowest BCUT2D eigenvalue weighted by molar-refractivity contribution is -0.134. The first-order chi connectivity index (χ1) is 12.7. The van der Waals surface area contributed by atoms with Gasteiger partial charge in [0.15, 0.2) is 0 Å². The number of halogens is 2. The normalized spacial score (nSPS) is 16.1. The van der Waals surface area contributed by atoms with E-state index in [9.17, 15) is 13.2 Å².